The van der Waals surface area contributed by atoms with Crippen LogP contribution in [-0.2, 0) is 14.3 Å². The Kier molecular flexibility index (Phi) is 8.34. The Morgan fingerprint density at radius 2 is 1.84 bits per heavy atom. The third kappa shape index (κ3) is 5.42. The van der Waals surface area contributed by atoms with E-state index in [1.807, 2.05) is 0 Å². The molecule has 0 aliphatic heterocycles. The molecule has 0 unspecified atom stereocenters. The van der Waals surface area contributed by atoms with E-state index in [0.29, 0.717) is 42.8 Å². The predicted molar refractivity (Wildman–Crippen MR) is 93.9 cm³/mol. The molecule has 1 rings (SSSR count). The number of nitrogens with one attached hydrogen (secondary N) is 1. The van der Waals surface area contributed by atoms with Gasteiger partial charge in [0.25, 0.3) is 0 Å². The van der Waals surface area contributed by atoms with E-state index in [4.69, 9.17) is 9.47 Å². The van der Waals surface area contributed by atoms with E-state index in [2.05, 4.69) is 4.98 Å². The van der Waals surface area contributed by atoms with Gasteiger partial charge in [-0.15, -0.1) is 0 Å². The topological polar surface area (TPSA) is 88.7 Å². The van der Waals surface area contributed by atoms with Gasteiger partial charge in [-0.2, -0.15) is 0 Å². The first-order chi connectivity index (χ1) is 11.9. The van der Waals surface area contributed by atoms with Crippen molar-refractivity contribution in [1.29, 1.82) is 0 Å². The summed E-state index contributed by atoms with van der Waals surface area (Å²) in [6.45, 7) is 8.16. The van der Waals surface area contributed by atoms with Crippen molar-refractivity contribution in [3.05, 3.63) is 22.5 Å². The minimum absolute atomic E-state index is 0.0157. The smallest absolute Gasteiger partial charge is 0.355 e. The van der Waals surface area contributed by atoms with Gasteiger partial charge in [0.1, 0.15) is 5.69 Å². The molecule has 7 heteroatoms. The molecule has 0 saturated carbocycles. The van der Waals surface area contributed by atoms with Crippen molar-refractivity contribution in [2.24, 2.45) is 0 Å². The van der Waals surface area contributed by atoms with Crippen LogP contribution >= 0.6 is 0 Å². The van der Waals surface area contributed by atoms with Crippen LogP contribution in [0, 0.1) is 13.8 Å². The number of aromatic amines is 1. The van der Waals surface area contributed by atoms with E-state index in [0.717, 1.165) is 0 Å². The van der Waals surface area contributed by atoms with Gasteiger partial charge >= 0.3 is 5.97 Å². The number of ether oxygens (including phenoxy) is 2. The van der Waals surface area contributed by atoms with Crippen LogP contribution in [0.5, 0.6) is 0 Å². The van der Waals surface area contributed by atoms with Crippen molar-refractivity contribution in [3.63, 3.8) is 0 Å². The summed E-state index contributed by atoms with van der Waals surface area (Å²) < 4.78 is 10.0. The summed E-state index contributed by atoms with van der Waals surface area (Å²) in [5.74, 6) is -0.759. The standard InChI is InChI=1S/C18H28N2O5/c1-6-15(22)20(9-8-10-24-5)11-14(21)16-12(3)17(19-13(16)4)18(23)25-7-2/h19H,6-11H2,1-5H3. The molecule has 0 aliphatic carbocycles. The number of amides is 1. The van der Waals surface area contributed by atoms with Crippen LogP contribution in [0.25, 0.3) is 0 Å². The number of ketones is 1. The molecule has 0 aliphatic rings. The molecule has 0 atom stereocenters. The Morgan fingerprint density at radius 3 is 2.40 bits per heavy atom. The number of esters is 1. The van der Waals surface area contributed by atoms with E-state index in [1.54, 1.807) is 34.8 Å². The molecule has 25 heavy (non-hydrogen) atoms. The van der Waals surface area contributed by atoms with Crippen molar-refractivity contribution in [2.45, 2.75) is 40.5 Å². The summed E-state index contributed by atoms with van der Waals surface area (Å²) >= 11 is 0. The van der Waals surface area contributed by atoms with Crippen molar-refractivity contribution >= 4 is 17.7 Å². The third-order valence-electron chi connectivity index (χ3n) is 3.96. The van der Waals surface area contributed by atoms with Crippen LogP contribution in [0.4, 0.5) is 0 Å². The van der Waals surface area contributed by atoms with Gasteiger partial charge in [-0.3, -0.25) is 9.59 Å². The van der Waals surface area contributed by atoms with Gasteiger partial charge in [0, 0.05) is 37.9 Å². The fraction of sp³-hybridized carbons (Fsp3) is 0.611. The average molecular weight is 352 g/mol. The van der Waals surface area contributed by atoms with Crippen molar-refractivity contribution in [3.8, 4) is 0 Å². The Balaban J connectivity index is 2.97. The van der Waals surface area contributed by atoms with Gasteiger partial charge in [-0.05, 0) is 32.8 Å². The van der Waals surface area contributed by atoms with E-state index >= 15 is 0 Å². The summed E-state index contributed by atoms with van der Waals surface area (Å²) in [6.07, 6.45) is 0.994. The molecule has 1 aromatic heterocycles. The zero-order chi connectivity index (χ0) is 19.0. The summed E-state index contributed by atoms with van der Waals surface area (Å²) in [4.78, 5) is 41.3. The second-order valence-electron chi connectivity index (χ2n) is 5.78. The lowest BCUT2D eigenvalue weighted by Crippen LogP contribution is -2.36. The third-order valence-corrected chi connectivity index (χ3v) is 3.96. The summed E-state index contributed by atoms with van der Waals surface area (Å²) in [6, 6.07) is 0. The number of methoxy groups -OCH3 is 1. The number of rotatable bonds is 10. The maximum Gasteiger partial charge on any atom is 0.355 e. The predicted octanol–water partition coefficient (Wildman–Crippen LogP) is 2.27. The molecule has 1 N–H and O–H groups in total. The summed E-state index contributed by atoms with van der Waals surface area (Å²) in [5, 5.41) is 0. The fourth-order valence-electron chi connectivity index (χ4n) is 2.74. The lowest BCUT2D eigenvalue weighted by Gasteiger charge is -2.21. The first kappa shape index (κ1) is 20.9. The molecule has 1 aromatic rings. The van der Waals surface area contributed by atoms with E-state index in [9.17, 15) is 14.4 Å². The molecule has 0 radical (unpaired) electrons. The maximum absolute atomic E-state index is 12.7. The number of aromatic nitrogens is 1. The van der Waals surface area contributed by atoms with Gasteiger partial charge in [0.15, 0.2) is 5.78 Å². The number of Topliss-reactive ketones (excluding diaryl/α,β-unsaturated/α-hetero) is 1. The first-order valence-electron chi connectivity index (χ1n) is 8.53. The second-order valence-corrected chi connectivity index (χ2v) is 5.78. The van der Waals surface area contributed by atoms with Crippen LogP contribution < -0.4 is 0 Å². The van der Waals surface area contributed by atoms with Gasteiger partial charge in [0.05, 0.1) is 13.2 Å². The Labute approximate surface area is 148 Å². The highest BCUT2D eigenvalue weighted by atomic mass is 16.5. The molecule has 0 spiro atoms. The van der Waals surface area contributed by atoms with Gasteiger partial charge < -0.3 is 19.4 Å². The number of aryl methyl sites for hydroxylation is 1. The first-order valence-corrected chi connectivity index (χ1v) is 8.53. The number of carbonyl (C=O) groups excluding carboxylic acids is 3. The maximum atomic E-state index is 12.7. The quantitative estimate of drug-likeness (QED) is 0.396. The summed E-state index contributed by atoms with van der Waals surface area (Å²) in [5.41, 5.74) is 1.90. The number of nitrogens with zero attached hydrogens (tertiary/aromatic N) is 1. The number of carbonyl (C=O) groups is 3. The van der Waals surface area contributed by atoms with Crippen LogP contribution in [0.15, 0.2) is 0 Å². The molecular formula is C18H28N2O5. The van der Waals surface area contributed by atoms with E-state index in [-0.39, 0.29) is 30.5 Å². The Morgan fingerprint density at radius 1 is 1.16 bits per heavy atom. The lowest BCUT2D eigenvalue weighted by molar-refractivity contribution is -0.130. The second kappa shape index (κ2) is 9.98. The average Bonchev–Trinajstić information content (AvgIpc) is 2.88. The Bertz CT molecular complexity index is 621. The molecule has 0 aromatic carbocycles. The largest absolute Gasteiger partial charge is 0.461 e. The van der Waals surface area contributed by atoms with Crippen LogP contribution in [0.2, 0.25) is 0 Å². The van der Waals surface area contributed by atoms with Crippen LogP contribution in [0.3, 0.4) is 0 Å². The van der Waals surface area contributed by atoms with Crippen molar-refractivity contribution in [1.82, 2.24) is 9.88 Å². The van der Waals surface area contributed by atoms with E-state index < -0.39 is 5.97 Å². The van der Waals surface area contributed by atoms with E-state index in [1.165, 1.54) is 4.90 Å². The zero-order valence-corrected chi connectivity index (χ0v) is 15.7. The SMILES string of the molecule is CCOC(=O)c1[nH]c(C)c(C(=O)CN(CCCOC)C(=O)CC)c1C. The van der Waals surface area contributed by atoms with Gasteiger partial charge in [-0.1, -0.05) is 6.92 Å². The highest BCUT2D eigenvalue weighted by Gasteiger charge is 2.25. The summed E-state index contributed by atoms with van der Waals surface area (Å²) in [7, 11) is 1.60. The minimum atomic E-state index is -0.483. The van der Waals surface area contributed by atoms with Gasteiger partial charge in [-0.25, -0.2) is 4.79 Å². The van der Waals surface area contributed by atoms with Gasteiger partial charge in [0.2, 0.25) is 5.91 Å². The fourth-order valence-corrected chi connectivity index (χ4v) is 2.74. The number of H-pyrrole nitrogens is 1. The van der Waals surface area contributed by atoms with Crippen molar-refractivity contribution < 1.29 is 23.9 Å². The highest BCUT2D eigenvalue weighted by Crippen LogP contribution is 2.20. The molecule has 0 fully saturated rings. The molecule has 0 saturated heterocycles. The monoisotopic (exact) mass is 352 g/mol. The molecule has 1 heterocycles. The Hall–Kier alpha value is -2.15. The lowest BCUT2D eigenvalue weighted by atomic mass is 10.0. The van der Waals surface area contributed by atoms with Crippen LogP contribution in [0.1, 0.15) is 58.8 Å². The highest BCUT2D eigenvalue weighted by molar-refractivity contribution is 6.04. The number of hydrogen-bond donors (Lipinski definition) is 1. The molecule has 7 nitrogen and oxygen atoms in total. The minimum Gasteiger partial charge on any atom is -0.461 e. The molecule has 140 valence electrons. The molecule has 1 amide bonds. The van der Waals surface area contributed by atoms with Crippen molar-refractivity contribution in [2.75, 3.05) is 33.4 Å². The molecular weight excluding hydrogens is 324 g/mol. The number of hydrogen-bond acceptors (Lipinski definition) is 5. The van der Waals surface area contributed by atoms with Crippen LogP contribution in [-0.4, -0.2) is 61.0 Å². The zero-order valence-electron chi connectivity index (χ0n) is 15.7. The normalized spacial score (nSPS) is 10.6. The molecule has 0 bridgehead atoms.